The summed E-state index contributed by atoms with van der Waals surface area (Å²) in [5.74, 6) is 0.115. The molecule has 0 bridgehead atoms. The fourth-order valence-electron chi connectivity index (χ4n) is 2.96. The first-order chi connectivity index (χ1) is 11.7. The second-order valence-electron chi connectivity index (χ2n) is 6.09. The average molecular weight is 348 g/mol. The van der Waals surface area contributed by atoms with Crippen molar-refractivity contribution in [2.75, 3.05) is 26.2 Å². The Kier molecular flexibility index (Phi) is 5.57. The highest BCUT2D eigenvalue weighted by Gasteiger charge is 2.25. The number of carbonyl (C=O) groups is 1. The summed E-state index contributed by atoms with van der Waals surface area (Å²) in [6.07, 6.45) is 5.04. The van der Waals surface area contributed by atoms with E-state index in [1.54, 1.807) is 22.3 Å². The van der Waals surface area contributed by atoms with E-state index in [4.69, 9.17) is 0 Å². The molecule has 0 aliphatic carbocycles. The van der Waals surface area contributed by atoms with E-state index in [1.165, 1.54) is 11.3 Å². The maximum atomic E-state index is 12.7. The number of rotatable bonds is 5. The first-order valence-corrected chi connectivity index (χ1v) is 9.34. The molecule has 7 nitrogen and oxygen atoms in total. The molecule has 1 aliphatic rings. The summed E-state index contributed by atoms with van der Waals surface area (Å²) >= 11 is 1.73. The molecule has 3 rings (SSSR count). The maximum Gasteiger partial charge on any atom is 0.247 e. The highest BCUT2D eigenvalue weighted by molar-refractivity contribution is 7.09. The van der Waals surface area contributed by atoms with Gasteiger partial charge in [-0.05, 0) is 19.8 Å². The second kappa shape index (κ2) is 7.85. The predicted molar refractivity (Wildman–Crippen MR) is 92.7 cm³/mol. The normalized spacial score (nSPS) is 17.7. The lowest BCUT2D eigenvalue weighted by Gasteiger charge is -2.24. The van der Waals surface area contributed by atoms with Gasteiger partial charge in [-0.2, -0.15) is 5.10 Å². The van der Waals surface area contributed by atoms with Crippen molar-refractivity contribution < 1.29 is 4.79 Å². The van der Waals surface area contributed by atoms with Crippen molar-refractivity contribution in [2.45, 2.75) is 39.3 Å². The van der Waals surface area contributed by atoms with Crippen LogP contribution in [0.15, 0.2) is 18.0 Å². The Hall–Kier alpha value is -1.80. The van der Waals surface area contributed by atoms with E-state index < -0.39 is 0 Å². The molecule has 2 aromatic heterocycles. The Morgan fingerprint density at radius 3 is 2.92 bits per heavy atom. The molecule has 24 heavy (non-hydrogen) atoms. The van der Waals surface area contributed by atoms with Crippen molar-refractivity contribution in [3.8, 4) is 0 Å². The third-order valence-corrected chi connectivity index (χ3v) is 5.42. The Balaban J connectivity index is 1.55. The van der Waals surface area contributed by atoms with Crippen molar-refractivity contribution in [2.24, 2.45) is 0 Å². The Labute approximate surface area is 146 Å². The van der Waals surface area contributed by atoms with Gasteiger partial charge in [-0.15, -0.1) is 11.3 Å². The molecule has 130 valence electrons. The molecule has 0 unspecified atom stereocenters. The molecule has 0 N–H and O–H groups in total. The Morgan fingerprint density at radius 2 is 2.21 bits per heavy atom. The van der Waals surface area contributed by atoms with Crippen LogP contribution in [0.1, 0.15) is 37.0 Å². The summed E-state index contributed by atoms with van der Waals surface area (Å²) in [5, 5.41) is 7.42. The summed E-state index contributed by atoms with van der Waals surface area (Å²) < 4.78 is 1.62. The summed E-state index contributed by atoms with van der Waals surface area (Å²) in [5.41, 5.74) is 1.15. The number of thiazole rings is 1. The van der Waals surface area contributed by atoms with Gasteiger partial charge in [-0.1, -0.05) is 6.92 Å². The maximum absolute atomic E-state index is 12.7. The fourth-order valence-corrected chi connectivity index (χ4v) is 3.69. The van der Waals surface area contributed by atoms with E-state index in [-0.39, 0.29) is 11.9 Å². The van der Waals surface area contributed by atoms with Crippen LogP contribution in [0.4, 0.5) is 0 Å². The first kappa shape index (κ1) is 17.0. The smallest absolute Gasteiger partial charge is 0.247 e. The van der Waals surface area contributed by atoms with E-state index in [2.05, 4.69) is 32.3 Å². The molecular formula is C16H24N6OS. The van der Waals surface area contributed by atoms with Crippen molar-refractivity contribution in [3.63, 3.8) is 0 Å². The number of hydrogen-bond acceptors (Lipinski definition) is 6. The number of aryl methyl sites for hydroxylation is 1. The number of nitrogens with zero attached hydrogens (tertiary/aromatic N) is 6. The number of amides is 1. The van der Waals surface area contributed by atoms with Crippen LogP contribution in [0.5, 0.6) is 0 Å². The largest absolute Gasteiger partial charge is 0.340 e. The third kappa shape index (κ3) is 3.99. The molecule has 2 aromatic rings. The topological polar surface area (TPSA) is 67.2 Å². The van der Waals surface area contributed by atoms with Gasteiger partial charge in [-0.25, -0.2) is 14.6 Å². The molecule has 0 saturated carbocycles. The van der Waals surface area contributed by atoms with E-state index in [1.807, 2.05) is 11.8 Å². The van der Waals surface area contributed by atoms with E-state index in [0.29, 0.717) is 0 Å². The minimum absolute atomic E-state index is 0.115. The molecule has 1 fully saturated rings. The van der Waals surface area contributed by atoms with Gasteiger partial charge in [0.15, 0.2) is 0 Å². The zero-order valence-corrected chi connectivity index (χ0v) is 15.1. The lowest BCUT2D eigenvalue weighted by atomic mass is 10.2. The Morgan fingerprint density at radius 1 is 1.33 bits per heavy atom. The molecule has 1 saturated heterocycles. The molecule has 1 aliphatic heterocycles. The second-order valence-corrected chi connectivity index (χ2v) is 7.04. The quantitative estimate of drug-likeness (QED) is 0.821. The van der Waals surface area contributed by atoms with Crippen LogP contribution >= 0.6 is 11.3 Å². The highest BCUT2D eigenvalue weighted by atomic mass is 32.1. The minimum Gasteiger partial charge on any atom is -0.340 e. The van der Waals surface area contributed by atoms with Crippen LogP contribution in [-0.4, -0.2) is 61.6 Å². The van der Waals surface area contributed by atoms with Gasteiger partial charge in [0.2, 0.25) is 5.91 Å². The molecule has 1 amide bonds. The van der Waals surface area contributed by atoms with Crippen LogP contribution in [0.2, 0.25) is 0 Å². The molecule has 1 atom stereocenters. The third-order valence-electron chi connectivity index (χ3n) is 4.38. The van der Waals surface area contributed by atoms with Crippen LogP contribution in [-0.2, 0) is 17.8 Å². The Bertz CT molecular complexity index is 655. The van der Waals surface area contributed by atoms with Gasteiger partial charge >= 0.3 is 0 Å². The molecule has 0 aromatic carbocycles. The van der Waals surface area contributed by atoms with Gasteiger partial charge in [0.05, 0.1) is 10.7 Å². The van der Waals surface area contributed by atoms with Crippen LogP contribution < -0.4 is 0 Å². The van der Waals surface area contributed by atoms with Gasteiger partial charge in [0.25, 0.3) is 0 Å². The highest BCUT2D eigenvalue weighted by Crippen LogP contribution is 2.15. The lowest BCUT2D eigenvalue weighted by molar-refractivity contribution is -0.134. The first-order valence-electron chi connectivity index (χ1n) is 8.46. The SMILES string of the molecule is CCc1nc(CN2CCCN(C(=O)[C@H](C)n3cncn3)CC2)cs1. The van der Waals surface area contributed by atoms with Gasteiger partial charge in [0.1, 0.15) is 18.7 Å². The fraction of sp³-hybridized carbons (Fsp3) is 0.625. The minimum atomic E-state index is -0.301. The monoisotopic (exact) mass is 348 g/mol. The van der Waals surface area contributed by atoms with Crippen LogP contribution in [0.3, 0.4) is 0 Å². The molecule has 3 heterocycles. The van der Waals surface area contributed by atoms with E-state index in [9.17, 15) is 4.79 Å². The number of aromatic nitrogens is 4. The molecule has 0 radical (unpaired) electrons. The van der Waals surface area contributed by atoms with Crippen molar-refractivity contribution >= 4 is 17.2 Å². The zero-order chi connectivity index (χ0) is 16.9. The summed E-state index contributed by atoms with van der Waals surface area (Å²) in [4.78, 5) is 25.6. The predicted octanol–water partition coefficient (Wildman–Crippen LogP) is 1.59. The van der Waals surface area contributed by atoms with Gasteiger partial charge in [-0.3, -0.25) is 9.69 Å². The lowest BCUT2D eigenvalue weighted by Crippen LogP contribution is -2.39. The van der Waals surface area contributed by atoms with Crippen LogP contribution in [0, 0.1) is 0 Å². The van der Waals surface area contributed by atoms with Gasteiger partial charge < -0.3 is 4.90 Å². The zero-order valence-electron chi connectivity index (χ0n) is 14.3. The summed E-state index contributed by atoms with van der Waals surface area (Å²) in [6, 6.07) is -0.301. The van der Waals surface area contributed by atoms with E-state index in [0.717, 1.165) is 51.3 Å². The molecular weight excluding hydrogens is 324 g/mol. The van der Waals surface area contributed by atoms with E-state index >= 15 is 0 Å². The van der Waals surface area contributed by atoms with Crippen LogP contribution in [0.25, 0.3) is 0 Å². The van der Waals surface area contributed by atoms with Crippen molar-refractivity contribution in [1.29, 1.82) is 0 Å². The molecule has 8 heteroatoms. The molecule has 0 spiro atoms. The number of hydrogen-bond donors (Lipinski definition) is 0. The van der Waals surface area contributed by atoms with Gasteiger partial charge in [0, 0.05) is 38.1 Å². The average Bonchev–Trinajstić information content (AvgIpc) is 3.23. The standard InChI is InChI=1S/C16H24N6OS/c1-3-15-19-14(10-24-15)9-20-5-4-6-21(8-7-20)16(23)13(2)22-12-17-11-18-22/h10-13H,3-9H2,1-2H3/t13-/m0/s1. The summed E-state index contributed by atoms with van der Waals surface area (Å²) in [6.45, 7) is 8.32. The van der Waals surface area contributed by atoms with Crippen molar-refractivity contribution in [3.05, 3.63) is 28.7 Å². The number of carbonyl (C=O) groups excluding carboxylic acids is 1. The summed E-state index contributed by atoms with van der Waals surface area (Å²) in [7, 11) is 0. The van der Waals surface area contributed by atoms with Crippen molar-refractivity contribution in [1.82, 2.24) is 29.5 Å².